The number of alkyl halides is 3. The van der Waals surface area contributed by atoms with Crippen LogP contribution in [0.1, 0.15) is 21.5 Å². The number of aromatic carboxylic acids is 1. The summed E-state index contributed by atoms with van der Waals surface area (Å²) in [7, 11) is 0. The smallest absolute Gasteiger partial charge is 0.415 e. The van der Waals surface area contributed by atoms with Crippen LogP contribution in [-0.4, -0.2) is 60.4 Å². The lowest BCUT2D eigenvalue weighted by Crippen LogP contribution is -2.51. The van der Waals surface area contributed by atoms with Crippen LogP contribution in [0.5, 0.6) is 0 Å². The molecule has 9 heteroatoms. The van der Waals surface area contributed by atoms with E-state index in [1.54, 1.807) is 13.0 Å². The van der Waals surface area contributed by atoms with E-state index in [1.807, 2.05) is 0 Å². The van der Waals surface area contributed by atoms with Crippen molar-refractivity contribution in [2.75, 3.05) is 26.2 Å². The first-order valence-corrected chi connectivity index (χ1v) is 7.67. The number of rotatable bonds is 5. The predicted molar refractivity (Wildman–Crippen MR) is 82.2 cm³/mol. The first kappa shape index (κ1) is 19.2. The predicted octanol–water partition coefficient (Wildman–Crippen LogP) is 1.57. The third-order valence-corrected chi connectivity index (χ3v) is 3.95. The number of nitrogens with zero attached hydrogens (tertiary/aromatic N) is 1. The summed E-state index contributed by atoms with van der Waals surface area (Å²) in [5.41, 5.74) is 1.56. The van der Waals surface area contributed by atoms with Gasteiger partial charge in [-0.15, -0.1) is 0 Å². The highest BCUT2D eigenvalue weighted by Crippen LogP contribution is 2.25. The highest BCUT2D eigenvalue weighted by atomic mass is 19.4. The number of carboxylic acid groups (broad SMARTS) is 1. The van der Waals surface area contributed by atoms with Gasteiger partial charge in [0.25, 0.3) is 0 Å². The first-order chi connectivity index (χ1) is 11.7. The van der Waals surface area contributed by atoms with Crippen molar-refractivity contribution < 1.29 is 32.6 Å². The standard InChI is InChI=1S/C16H19F3N2O4/c1-10-2-3-11(15(23)24)6-12(10)7-20-14(22)9-21-4-5-25-13(8-21)16(17,18)19/h2-3,6,13H,4-5,7-9H2,1H3,(H,20,22)(H,23,24)/t13-/m0/s1. The molecule has 6 nitrogen and oxygen atoms in total. The third-order valence-electron chi connectivity index (χ3n) is 3.95. The molecule has 1 aliphatic heterocycles. The van der Waals surface area contributed by atoms with Gasteiger partial charge in [-0.05, 0) is 30.2 Å². The molecule has 2 rings (SSSR count). The molecule has 138 valence electrons. The molecule has 0 radical (unpaired) electrons. The van der Waals surface area contributed by atoms with Crippen LogP contribution in [0.2, 0.25) is 0 Å². The zero-order valence-electron chi connectivity index (χ0n) is 13.6. The molecule has 1 saturated heterocycles. The van der Waals surface area contributed by atoms with Crippen molar-refractivity contribution in [2.24, 2.45) is 0 Å². The molecular formula is C16H19F3N2O4. The number of aryl methyl sites for hydroxylation is 1. The van der Waals surface area contributed by atoms with Gasteiger partial charge in [0.2, 0.25) is 5.91 Å². The molecule has 1 heterocycles. The average Bonchev–Trinajstić information content (AvgIpc) is 2.53. The number of carbonyl (C=O) groups is 2. The number of hydrogen-bond donors (Lipinski definition) is 2. The van der Waals surface area contributed by atoms with E-state index in [-0.39, 0.29) is 38.3 Å². The Bertz CT molecular complexity index is 649. The Morgan fingerprint density at radius 1 is 1.40 bits per heavy atom. The quantitative estimate of drug-likeness (QED) is 0.833. The monoisotopic (exact) mass is 360 g/mol. The van der Waals surface area contributed by atoms with Crippen LogP contribution in [0.4, 0.5) is 13.2 Å². The third kappa shape index (κ3) is 5.43. The normalized spacial score (nSPS) is 18.8. The highest BCUT2D eigenvalue weighted by molar-refractivity contribution is 5.88. The van der Waals surface area contributed by atoms with Crippen LogP contribution in [-0.2, 0) is 16.1 Å². The van der Waals surface area contributed by atoms with E-state index in [0.717, 1.165) is 5.56 Å². The molecule has 0 aromatic heterocycles. The zero-order valence-corrected chi connectivity index (χ0v) is 13.6. The van der Waals surface area contributed by atoms with Gasteiger partial charge in [0.15, 0.2) is 6.10 Å². The summed E-state index contributed by atoms with van der Waals surface area (Å²) in [4.78, 5) is 24.3. The molecular weight excluding hydrogens is 341 g/mol. The van der Waals surface area contributed by atoms with Crippen molar-refractivity contribution in [1.82, 2.24) is 10.2 Å². The van der Waals surface area contributed by atoms with Gasteiger partial charge in [-0.3, -0.25) is 9.69 Å². The van der Waals surface area contributed by atoms with Crippen LogP contribution >= 0.6 is 0 Å². The van der Waals surface area contributed by atoms with E-state index in [9.17, 15) is 22.8 Å². The first-order valence-electron chi connectivity index (χ1n) is 7.67. The molecule has 0 unspecified atom stereocenters. The van der Waals surface area contributed by atoms with Crippen molar-refractivity contribution in [3.8, 4) is 0 Å². The molecule has 0 aliphatic carbocycles. The summed E-state index contributed by atoms with van der Waals surface area (Å²) in [6.45, 7) is 1.49. The summed E-state index contributed by atoms with van der Waals surface area (Å²) >= 11 is 0. The lowest BCUT2D eigenvalue weighted by atomic mass is 10.0. The number of nitrogens with one attached hydrogen (secondary N) is 1. The Morgan fingerprint density at radius 3 is 2.76 bits per heavy atom. The van der Waals surface area contributed by atoms with Crippen LogP contribution < -0.4 is 5.32 Å². The van der Waals surface area contributed by atoms with Crippen LogP contribution in [0, 0.1) is 6.92 Å². The Labute approximate surface area is 142 Å². The molecule has 1 amide bonds. The molecule has 1 aromatic carbocycles. The van der Waals surface area contributed by atoms with Gasteiger partial charge in [-0.2, -0.15) is 13.2 Å². The number of carbonyl (C=O) groups excluding carboxylic acids is 1. The molecule has 1 fully saturated rings. The number of halogens is 3. The maximum Gasteiger partial charge on any atom is 0.415 e. The number of ether oxygens (including phenoxy) is 1. The van der Waals surface area contributed by atoms with Gasteiger partial charge in [0, 0.05) is 19.6 Å². The molecule has 0 spiro atoms. The van der Waals surface area contributed by atoms with E-state index < -0.39 is 24.2 Å². The van der Waals surface area contributed by atoms with Crippen molar-refractivity contribution in [1.29, 1.82) is 0 Å². The van der Waals surface area contributed by atoms with Crippen LogP contribution in [0.25, 0.3) is 0 Å². The van der Waals surface area contributed by atoms with E-state index in [4.69, 9.17) is 5.11 Å². The van der Waals surface area contributed by atoms with Gasteiger partial charge in [0.05, 0.1) is 18.7 Å². The Hall–Kier alpha value is -2.13. The summed E-state index contributed by atoms with van der Waals surface area (Å²) in [5, 5.41) is 11.6. The van der Waals surface area contributed by atoms with E-state index in [1.165, 1.54) is 17.0 Å². The minimum absolute atomic E-state index is 0.0861. The van der Waals surface area contributed by atoms with Crippen LogP contribution in [0.15, 0.2) is 18.2 Å². The van der Waals surface area contributed by atoms with E-state index in [2.05, 4.69) is 10.1 Å². The van der Waals surface area contributed by atoms with Crippen molar-refractivity contribution in [3.63, 3.8) is 0 Å². The number of benzene rings is 1. The average molecular weight is 360 g/mol. The molecule has 25 heavy (non-hydrogen) atoms. The SMILES string of the molecule is Cc1ccc(C(=O)O)cc1CNC(=O)CN1CCO[C@H](C(F)(F)F)C1. The molecule has 2 N–H and O–H groups in total. The molecule has 0 saturated carbocycles. The van der Waals surface area contributed by atoms with Gasteiger partial charge in [-0.1, -0.05) is 6.07 Å². The largest absolute Gasteiger partial charge is 0.478 e. The minimum Gasteiger partial charge on any atom is -0.478 e. The van der Waals surface area contributed by atoms with E-state index >= 15 is 0 Å². The van der Waals surface area contributed by atoms with Crippen molar-refractivity contribution >= 4 is 11.9 Å². The second-order valence-electron chi connectivity index (χ2n) is 5.86. The fourth-order valence-electron chi connectivity index (χ4n) is 2.49. The summed E-state index contributed by atoms with van der Waals surface area (Å²) in [6, 6.07) is 4.57. The van der Waals surface area contributed by atoms with Gasteiger partial charge in [0.1, 0.15) is 0 Å². The number of amides is 1. The van der Waals surface area contributed by atoms with Gasteiger partial charge in [-0.25, -0.2) is 4.79 Å². The fourth-order valence-corrected chi connectivity index (χ4v) is 2.49. The maximum absolute atomic E-state index is 12.7. The molecule has 1 atom stereocenters. The van der Waals surface area contributed by atoms with Gasteiger partial charge < -0.3 is 15.2 Å². The van der Waals surface area contributed by atoms with Crippen LogP contribution in [0.3, 0.4) is 0 Å². The molecule has 0 bridgehead atoms. The Balaban J connectivity index is 1.89. The van der Waals surface area contributed by atoms with E-state index in [0.29, 0.717) is 5.56 Å². The van der Waals surface area contributed by atoms with Crippen molar-refractivity contribution in [3.05, 3.63) is 34.9 Å². The molecule has 1 aliphatic rings. The van der Waals surface area contributed by atoms with Crippen molar-refractivity contribution in [2.45, 2.75) is 25.7 Å². The van der Waals surface area contributed by atoms with Gasteiger partial charge >= 0.3 is 12.1 Å². The molecule has 1 aromatic rings. The number of morpholine rings is 1. The Morgan fingerprint density at radius 2 is 2.12 bits per heavy atom. The maximum atomic E-state index is 12.7. The highest BCUT2D eigenvalue weighted by Gasteiger charge is 2.43. The Kier molecular flexibility index (Phi) is 6.02. The second-order valence-corrected chi connectivity index (χ2v) is 5.86. The number of carboxylic acids is 1. The lowest BCUT2D eigenvalue weighted by Gasteiger charge is -2.33. The number of hydrogen-bond acceptors (Lipinski definition) is 4. The fraction of sp³-hybridized carbons (Fsp3) is 0.500. The summed E-state index contributed by atoms with van der Waals surface area (Å²) < 4.78 is 42.7. The second kappa shape index (κ2) is 7.83. The summed E-state index contributed by atoms with van der Waals surface area (Å²) in [6.07, 6.45) is -6.34. The minimum atomic E-state index is -4.45. The lowest BCUT2D eigenvalue weighted by molar-refractivity contribution is -0.237. The zero-order chi connectivity index (χ0) is 18.6. The topological polar surface area (TPSA) is 78.9 Å². The summed E-state index contributed by atoms with van der Waals surface area (Å²) in [5.74, 6) is -1.50.